The van der Waals surface area contributed by atoms with Gasteiger partial charge in [-0.1, -0.05) is 19.1 Å². The van der Waals surface area contributed by atoms with Gasteiger partial charge in [0.15, 0.2) is 0 Å². The van der Waals surface area contributed by atoms with E-state index in [1.807, 2.05) is 6.92 Å². The van der Waals surface area contributed by atoms with E-state index in [0.717, 1.165) is 12.2 Å². The first kappa shape index (κ1) is 16.7. The Kier molecular flexibility index (Phi) is 5.09. The van der Waals surface area contributed by atoms with E-state index in [4.69, 9.17) is 9.47 Å². The highest BCUT2D eigenvalue weighted by Crippen LogP contribution is 2.18. The quantitative estimate of drug-likeness (QED) is 0.510. The first-order chi connectivity index (χ1) is 12.2. The second-order valence-electron chi connectivity index (χ2n) is 5.49. The first-order valence-electron chi connectivity index (χ1n) is 8.05. The Balaban J connectivity index is 1.68. The van der Waals surface area contributed by atoms with Crippen molar-refractivity contribution in [2.75, 3.05) is 6.61 Å². The molecule has 1 heterocycles. The Hall–Kier alpha value is -3.15. The van der Waals surface area contributed by atoms with E-state index in [9.17, 15) is 9.59 Å². The van der Waals surface area contributed by atoms with Crippen molar-refractivity contribution in [3.05, 3.63) is 65.2 Å². The van der Waals surface area contributed by atoms with Crippen LogP contribution in [0.15, 0.2) is 59.7 Å². The summed E-state index contributed by atoms with van der Waals surface area (Å²) >= 11 is 0. The number of hydrogen-bond donors (Lipinski definition) is 0. The monoisotopic (exact) mass is 338 g/mol. The Morgan fingerprint density at radius 3 is 2.56 bits per heavy atom. The van der Waals surface area contributed by atoms with Gasteiger partial charge in [-0.05, 0) is 42.8 Å². The Bertz CT molecular complexity index is 932. The molecule has 3 aromatic rings. The lowest BCUT2D eigenvalue weighted by Gasteiger charge is -2.08. The molecule has 0 aliphatic rings. The fraction of sp³-hybridized carbons (Fsp3) is 0.211. The summed E-state index contributed by atoms with van der Waals surface area (Å²) in [7, 11) is 0. The van der Waals surface area contributed by atoms with Crippen molar-refractivity contribution in [3.63, 3.8) is 0 Å². The third kappa shape index (κ3) is 4.03. The molecule has 2 aromatic carbocycles. The van der Waals surface area contributed by atoms with Gasteiger partial charge in [0.25, 0.3) is 5.56 Å². The third-order valence-corrected chi connectivity index (χ3v) is 3.56. The van der Waals surface area contributed by atoms with Crippen LogP contribution in [0.4, 0.5) is 0 Å². The molecule has 0 amide bonds. The molecular formula is C19H18N2O4. The lowest BCUT2D eigenvalue weighted by atomic mass is 10.2. The van der Waals surface area contributed by atoms with E-state index in [1.54, 1.807) is 48.5 Å². The maximum absolute atomic E-state index is 12.4. The van der Waals surface area contributed by atoms with Gasteiger partial charge < -0.3 is 9.47 Å². The molecule has 0 saturated carbocycles. The van der Waals surface area contributed by atoms with Crippen LogP contribution in [0.1, 0.15) is 13.3 Å². The maximum Gasteiger partial charge on any atom is 0.331 e. The van der Waals surface area contributed by atoms with Crippen LogP contribution in [0.25, 0.3) is 10.9 Å². The van der Waals surface area contributed by atoms with Crippen molar-refractivity contribution in [2.24, 2.45) is 0 Å². The van der Waals surface area contributed by atoms with E-state index >= 15 is 0 Å². The molecule has 0 radical (unpaired) electrons. The molecule has 0 N–H and O–H groups in total. The molecule has 0 aliphatic carbocycles. The number of benzene rings is 2. The highest BCUT2D eigenvalue weighted by molar-refractivity contribution is 5.78. The summed E-state index contributed by atoms with van der Waals surface area (Å²) in [5.74, 6) is 0.577. The number of hydrogen-bond acceptors (Lipinski definition) is 5. The smallest absolute Gasteiger partial charge is 0.331 e. The van der Waals surface area contributed by atoms with Gasteiger partial charge in [-0.25, -0.2) is 9.78 Å². The van der Waals surface area contributed by atoms with Crippen molar-refractivity contribution in [3.8, 4) is 11.5 Å². The van der Waals surface area contributed by atoms with Crippen LogP contribution in [0.3, 0.4) is 0 Å². The molecule has 1 aromatic heterocycles. The average Bonchev–Trinajstić information content (AvgIpc) is 2.64. The first-order valence-corrected chi connectivity index (χ1v) is 8.05. The Morgan fingerprint density at radius 1 is 1.08 bits per heavy atom. The van der Waals surface area contributed by atoms with Crippen molar-refractivity contribution < 1.29 is 14.3 Å². The molecular weight excluding hydrogens is 320 g/mol. The largest absolute Gasteiger partial charge is 0.494 e. The summed E-state index contributed by atoms with van der Waals surface area (Å²) in [5, 5.41) is 0.468. The van der Waals surface area contributed by atoms with Gasteiger partial charge in [0.2, 0.25) is 0 Å². The molecule has 25 heavy (non-hydrogen) atoms. The zero-order chi connectivity index (χ0) is 17.6. The summed E-state index contributed by atoms with van der Waals surface area (Å²) in [6, 6.07) is 13.8. The van der Waals surface area contributed by atoms with Crippen LogP contribution >= 0.6 is 0 Å². The molecule has 0 unspecified atom stereocenters. The number of fused-ring (bicyclic) bond motifs is 1. The van der Waals surface area contributed by atoms with Gasteiger partial charge in [-0.3, -0.25) is 9.36 Å². The molecule has 0 fully saturated rings. The van der Waals surface area contributed by atoms with E-state index in [2.05, 4.69) is 4.98 Å². The highest BCUT2D eigenvalue weighted by Gasteiger charge is 2.10. The normalized spacial score (nSPS) is 10.6. The van der Waals surface area contributed by atoms with E-state index in [1.165, 1.54) is 10.9 Å². The molecule has 0 bridgehead atoms. The van der Waals surface area contributed by atoms with Crippen molar-refractivity contribution >= 4 is 16.9 Å². The number of carbonyl (C=O) groups is 1. The van der Waals surface area contributed by atoms with Crippen molar-refractivity contribution in [1.82, 2.24) is 9.55 Å². The van der Waals surface area contributed by atoms with E-state index in [-0.39, 0.29) is 12.1 Å². The SMILES string of the molecule is CCCOc1ccc(OC(=O)Cn2cnc3ccccc3c2=O)cc1. The summed E-state index contributed by atoms with van der Waals surface area (Å²) in [5.41, 5.74) is 0.325. The standard InChI is InChI=1S/C19H18N2O4/c1-2-11-24-14-7-9-15(10-8-14)25-18(22)12-21-13-20-17-6-4-3-5-16(17)19(21)23/h3-10,13H,2,11-12H2,1H3. The van der Waals surface area contributed by atoms with Crippen molar-refractivity contribution in [2.45, 2.75) is 19.9 Å². The second-order valence-corrected chi connectivity index (χ2v) is 5.49. The van der Waals surface area contributed by atoms with Gasteiger partial charge in [0, 0.05) is 0 Å². The molecule has 6 heteroatoms. The van der Waals surface area contributed by atoms with Gasteiger partial charge in [0.05, 0.1) is 23.8 Å². The predicted octanol–water partition coefficient (Wildman–Crippen LogP) is 2.79. The fourth-order valence-corrected chi connectivity index (χ4v) is 2.35. The molecule has 0 atom stereocenters. The lowest BCUT2D eigenvalue weighted by Crippen LogP contribution is -2.26. The highest BCUT2D eigenvalue weighted by atomic mass is 16.5. The molecule has 6 nitrogen and oxygen atoms in total. The summed E-state index contributed by atoms with van der Waals surface area (Å²) in [4.78, 5) is 28.6. The average molecular weight is 338 g/mol. The topological polar surface area (TPSA) is 70.4 Å². The number of nitrogens with zero attached hydrogens (tertiary/aromatic N) is 2. The molecule has 128 valence electrons. The third-order valence-electron chi connectivity index (χ3n) is 3.56. The zero-order valence-corrected chi connectivity index (χ0v) is 13.8. The zero-order valence-electron chi connectivity index (χ0n) is 13.8. The predicted molar refractivity (Wildman–Crippen MR) is 93.9 cm³/mol. The molecule has 0 aliphatic heterocycles. The molecule has 0 spiro atoms. The summed E-state index contributed by atoms with van der Waals surface area (Å²) < 4.78 is 12.0. The van der Waals surface area contributed by atoms with Crippen LogP contribution in [0.5, 0.6) is 11.5 Å². The van der Waals surface area contributed by atoms with Crippen LogP contribution < -0.4 is 15.0 Å². The lowest BCUT2D eigenvalue weighted by molar-refractivity contribution is -0.135. The van der Waals surface area contributed by atoms with Crippen molar-refractivity contribution in [1.29, 1.82) is 0 Å². The maximum atomic E-state index is 12.4. The minimum Gasteiger partial charge on any atom is -0.494 e. The van der Waals surface area contributed by atoms with Gasteiger partial charge in [-0.2, -0.15) is 0 Å². The number of esters is 1. The van der Waals surface area contributed by atoms with Gasteiger partial charge >= 0.3 is 5.97 Å². The van der Waals surface area contributed by atoms with Crippen LogP contribution in [-0.4, -0.2) is 22.1 Å². The number of para-hydroxylation sites is 1. The van der Waals surface area contributed by atoms with Gasteiger partial charge in [0.1, 0.15) is 18.0 Å². The fourth-order valence-electron chi connectivity index (χ4n) is 2.35. The minimum atomic E-state index is -0.540. The number of rotatable bonds is 6. The minimum absolute atomic E-state index is 0.204. The van der Waals surface area contributed by atoms with E-state index in [0.29, 0.717) is 23.3 Å². The van der Waals surface area contributed by atoms with Crippen LogP contribution in [-0.2, 0) is 11.3 Å². The Morgan fingerprint density at radius 2 is 1.80 bits per heavy atom. The summed E-state index contributed by atoms with van der Waals surface area (Å²) in [6.45, 7) is 2.46. The number of carbonyl (C=O) groups excluding carboxylic acids is 1. The Labute approximate surface area is 144 Å². The van der Waals surface area contributed by atoms with Gasteiger partial charge in [-0.15, -0.1) is 0 Å². The van der Waals surface area contributed by atoms with Crippen LogP contribution in [0.2, 0.25) is 0 Å². The van der Waals surface area contributed by atoms with Crippen LogP contribution in [0, 0.1) is 0 Å². The summed E-state index contributed by atoms with van der Waals surface area (Å²) in [6.07, 6.45) is 2.28. The second kappa shape index (κ2) is 7.61. The molecule has 3 rings (SSSR count). The number of ether oxygens (including phenoxy) is 2. The van der Waals surface area contributed by atoms with E-state index < -0.39 is 5.97 Å². The number of aromatic nitrogens is 2. The molecule has 0 saturated heterocycles.